The summed E-state index contributed by atoms with van der Waals surface area (Å²) in [6.45, 7) is 1.90. The summed E-state index contributed by atoms with van der Waals surface area (Å²) >= 11 is 14.9. The molecule has 35 heavy (non-hydrogen) atoms. The third-order valence-electron chi connectivity index (χ3n) is 5.14. The van der Waals surface area contributed by atoms with Crippen molar-refractivity contribution in [3.05, 3.63) is 69.2 Å². The van der Waals surface area contributed by atoms with Crippen LogP contribution in [0.1, 0.15) is 13.3 Å². The lowest BCUT2D eigenvalue weighted by molar-refractivity contribution is 0.461. The Kier molecular flexibility index (Phi) is 7.75. The molecule has 188 valence electrons. The number of nitrogens with zero attached hydrogens (tertiary/aromatic N) is 2. The lowest BCUT2D eigenvalue weighted by atomic mass is 10.1. The van der Waals surface area contributed by atoms with Crippen molar-refractivity contribution in [2.45, 2.75) is 28.5 Å². The number of halogens is 2. The van der Waals surface area contributed by atoms with Crippen LogP contribution in [0.3, 0.4) is 0 Å². The first-order chi connectivity index (χ1) is 16.3. The van der Waals surface area contributed by atoms with Gasteiger partial charge in [0.05, 0.1) is 21.8 Å². The molecule has 4 rings (SSSR count). The van der Waals surface area contributed by atoms with Gasteiger partial charge in [-0.15, -0.1) is 0 Å². The van der Waals surface area contributed by atoms with Crippen molar-refractivity contribution in [2.24, 2.45) is 0 Å². The van der Waals surface area contributed by atoms with Crippen LogP contribution in [0.5, 0.6) is 0 Å². The van der Waals surface area contributed by atoms with Gasteiger partial charge in [0.1, 0.15) is 16.0 Å². The second-order valence-electron chi connectivity index (χ2n) is 7.71. The van der Waals surface area contributed by atoms with Gasteiger partial charge in [0.15, 0.2) is 5.88 Å². The van der Waals surface area contributed by atoms with E-state index in [1.54, 1.807) is 42.5 Å². The molecule has 1 atom stereocenters. The molecule has 0 bridgehead atoms. The Morgan fingerprint density at radius 3 is 2.29 bits per heavy atom. The minimum absolute atomic E-state index is 0.416. The van der Waals surface area contributed by atoms with E-state index in [0.29, 0.717) is 32.9 Å². The predicted octanol–water partition coefficient (Wildman–Crippen LogP) is 5.37. The van der Waals surface area contributed by atoms with Crippen molar-refractivity contribution < 1.29 is 25.9 Å². The molecule has 1 N–H and O–H groups in total. The number of thioether (sulfide) groups is 2. The smallest absolute Gasteiger partial charge is 0.283 e. The average molecular weight is 595 g/mol. The molecule has 0 radical (unpaired) electrons. The number of allylic oxidation sites excluding steroid dienone is 2. The molecule has 2 aliphatic rings. The van der Waals surface area contributed by atoms with Crippen LogP contribution in [-0.2, 0) is 20.2 Å². The maximum atomic E-state index is 11.7. The Morgan fingerprint density at radius 1 is 1.06 bits per heavy atom. The Balaban J connectivity index is 1.72. The zero-order valence-electron chi connectivity index (χ0n) is 18.1. The molecule has 0 saturated heterocycles. The van der Waals surface area contributed by atoms with E-state index in [1.165, 1.54) is 33.3 Å². The predicted molar refractivity (Wildman–Crippen MR) is 141 cm³/mol. The van der Waals surface area contributed by atoms with Gasteiger partial charge in [0, 0.05) is 19.8 Å². The van der Waals surface area contributed by atoms with Crippen LogP contribution in [0, 0.1) is 0 Å². The first-order valence-corrected chi connectivity index (χ1v) is 15.8. The molecule has 0 aliphatic carbocycles. The summed E-state index contributed by atoms with van der Waals surface area (Å²) in [5.41, 5.74) is 1.88. The van der Waals surface area contributed by atoms with Crippen LogP contribution in [0.25, 0.3) is 0 Å². The highest BCUT2D eigenvalue weighted by molar-refractivity contribution is 8.03. The van der Waals surface area contributed by atoms with Gasteiger partial charge < -0.3 is 14.4 Å². The first-order valence-electron chi connectivity index (χ1n) is 10.1. The molecule has 2 heterocycles. The topological polar surface area (TPSA) is 118 Å². The van der Waals surface area contributed by atoms with Gasteiger partial charge in [-0.25, -0.2) is 8.42 Å². The van der Waals surface area contributed by atoms with E-state index in [9.17, 15) is 25.9 Å². The molecular formula is C21H19Cl2N2O6S4-. The zero-order valence-corrected chi connectivity index (χ0v) is 22.9. The first kappa shape index (κ1) is 26.7. The zero-order chi connectivity index (χ0) is 25.5. The van der Waals surface area contributed by atoms with E-state index < -0.39 is 37.4 Å². The number of fused-ring (bicyclic) bond motifs is 2. The quantitative estimate of drug-likeness (QED) is 0.419. The van der Waals surface area contributed by atoms with Crippen molar-refractivity contribution >= 4 is 78.3 Å². The van der Waals surface area contributed by atoms with Gasteiger partial charge >= 0.3 is 0 Å². The Labute approximate surface area is 222 Å². The second kappa shape index (κ2) is 10.2. The van der Waals surface area contributed by atoms with Crippen LogP contribution in [-0.4, -0.2) is 43.1 Å². The van der Waals surface area contributed by atoms with Crippen LogP contribution >= 0.6 is 46.7 Å². The Bertz CT molecular complexity index is 1440. The maximum absolute atomic E-state index is 11.7. The number of benzene rings is 2. The summed E-state index contributed by atoms with van der Waals surface area (Å²) in [4.78, 5) is 4.50. The Hall–Kier alpha value is -1.38. The van der Waals surface area contributed by atoms with Crippen LogP contribution in [0.2, 0.25) is 10.0 Å². The van der Waals surface area contributed by atoms with Crippen LogP contribution < -0.4 is 9.80 Å². The van der Waals surface area contributed by atoms with Crippen LogP contribution in [0.4, 0.5) is 11.4 Å². The Morgan fingerprint density at radius 2 is 1.69 bits per heavy atom. The minimum Gasteiger partial charge on any atom is -0.747 e. The van der Waals surface area contributed by atoms with E-state index in [2.05, 4.69) is 0 Å². The molecule has 0 amide bonds. The summed E-state index contributed by atoms with van der Waals surface area (Å²) in [5.74, 6) is -1.38. The van der Waals surface area contributed by atoms with Crippen molar-refractivity contribution in [1.82, 2.24) is 0 Å². The highest BCUT2D eigenvalue weighted by Gasteiger charge is 2.32. The van der Waals surface area contributed by atoms with Crippen molar-refractivity contribution in [2.75, 3.05) is 21.6 Å². The number of rotatable bonds is 7. The monoisotopic (exact) mass is 593 g/mol. The lowest BCUT2D eigenvalue weighted by Crippen LogP contribution is -2.33. The average Bonchev–Trinajstić information content (AvgIpc) is 3.23. The van der Waals surface area contributed by atoms with Gasteiger partial charge in [0.2, 0.25) is 0 Å². The van der Waals surface area contributed by atoms with Crippen LogP contribution in [0.15, 0.2) is 68.9 Å². The van der Waals surface area contributed by atoms with E-state index in [-0.39, 0.29) is 0 Å². The molecule has 1 unspecified atom stereocenters. The van der Waals surface area contributed by atoms with Gasteiger partial charge in [-0.1, -0.05) is 53.6 Å². The number of hydrogen-bond acceptors (Lipinski definition) is 9. The van der Waals surface area contributed by atoms with Gasteiger partial charge in [0.25, 0.3) is 10.1 Å². The highest BCUT2D eigenvalue weighted by atomic mass is 35.5. The summed E-state index contributed by atoms with van der Waals surface area (Å²) in [5, 5.41) is 0.891. The molecule has 14 heteroatoms. The second-order valence-corrected chi connectivity index (χ2v) is 13.6. The molecule has 0 aromatic heterocycles. The molecule has 2 aromatic rings. The molecule has 2 aliphatic heterocycles. The fraction of sp³-hybridized carbons (Fsp3) is 0.238. The third-order valence-corrected chi connectivity index (χ3v) is 9.13. The maximum Gasteiger partial charge on any atom is 0.283 e. The fourth-order valence-corrected chi connectivity index (χ4v) is 7.80. The largest absolute Gasteiger partial charge is 0.747 e. The van der Waals surface area contributed by atoms with Crippen molar-refractivity contribution in [3.8, 4) is 0 Å². The standard InChI is InChI=1S/C21H20Cl2N2O6S4/c1-2-13(7-20-24(11-34(26,27)28)16-9-14(22)3-5-18(16)32-20)8-21-25(12-35(29,30)31)17-10-15(23)4-6-19(17)33-21/h3-10,20H,2,11-12H2,1H3,(H,26,27,28)(H,29,30,31)/p-1. The fourth-order valence-electron chi connectivity index (χ4n) is 3.67. The molecule has 0 spiro atoms. The van der Waals surface area contributed by atoms with E-state index in [4.69, 9.17) is 23.2 Å². The number of anilines is 2. The molecule has 0 saturated carbocycles. The SMILES string of the molecule is CCC(=CC1Sc2ccc(Cl)cc2N1CS(=O)(=O)[O-])C=C1Sc2ccc(Cl)cc2N1CS(=O)(=O)O. The molecular weight excluding hydrogens is 575 g/mol. The third kappa shape index (κ3) is 6.50. The van der Waals surface area contributed by atoms with Crippen molar-refractivity contribution in [1.29, 1.82) is 0 Å². The minimum atomic E-state index is -4.57. The summed E-state index contributed by atoms with van der Waals surface area (Å²) in [7, 11) is -8.92. The summed E-state index contributed by atoms with van der Waals surface area (Å²) < 4.78 is 67.8. The van der Waals surface area contributed by atoms with Gasteiger partial charge in [-0.3, -0.25) is 4.55 Å². The highest BCUT2D eigenvalue weighted by Crippen LogP contribution is 2.48. The molecule has 0 fully saturated rings. The summed E-state index contributed by atoms with van der Waals surface area (Å²) in [6, 6.07) is 10.2. The van der Waals surface area contributed by atoms with E-state index in [0.717, 1.165) is 15.4 Å². The van der Waals surface area contributed by atoms with Gasteiger partial charge in [-0.2, -0.15) is 8.42 Å². The van der Waals surface area contributed by atoms with Crippen molar-refractivity contribution in [3.63, 3.8) is 0 Å². The molecule has 2 aromatic carbocycles. The normalized spacial score (nSPS) is 19.4. The van der Waals surface area contributed by atoms with E-state index >= 15 is 0 Å². The summed E-state index contributed by atoms with van der Waals surface area (Å²) in [6.07, 6.45) is 4.15. The lowest BCUT2D eigenvalue weighted by Gasteiger charge is -2.26. The number of hydrogen-bond donors (Lipinski definition) is 1. The van der Waals surface area contributed by atoms with Gasteiger partial charge in [-0.05, 0) is 60.5 Å². The van der Waals surface area contributed by atoms with E-state index in [1.807, 2.05) is 13.0 Å². The molecule has 8 nitrogen and oxygen atoms in total.